The Bertz CT molecular complexity index is 1410. The molecule has 0 bridgehead atoms. The molecule has 0 amide bonds. The molecule has 1 aliphatic heterocycles. The molecule has 34 heavy (non-hydrogen) atoms. The zero-order chi connectivity index (χ0) is 23.7. The van der Waals surface area contributed by atoms with Gasteiger partial charge in [-0.2, -0.15) is 0 Å². The lowest BCUT2D eigenvalue weighted by Gasteiger charge is -2.23. The van der Waals surface area contributed by atoms with Gasteiger partial charge in [0.05, 0.1) is 19.8 Å². The molecule has 1 aromatic heterocycles. The predicted octanol–water partition coefficient (Wildman–Crippen LogP) is 5.98. The summed E-state index contributed by atoms with van der Waals surface area (Å²) in [5.41, 5.74) is 3.82. The van der Waals surface area contributed by atoms with Gasteiger partial charge in [0.15, 0.2) is 22.9 Å². The monoisotopic (exact) mass is 453 g/mol. The number of carbonyl (C=O) groups is 1. The van der Waals surface area contributed by atoms with Crippen molar-refractivity contribution in [3.05, 3.63) is 95.4 Å². The molecule has 6 heteroatoms. The van der Waals surface area contributed by atoms with E-state index in [1.165, 1.54) is 7.11 Å². The molecular formula is C28H23NO5. The summed E-state index contributed by atoms with van der Waals surface area (Å²) in [5, 5.41) is 0. The minimum absolute atomic E-state index is 0.243. The van der Waals surface area contributed by atoms with E-state index in [1.54, 1.807) is 31.4 Å². The van der Waals surface area contributed by atoms with Gasteiger partial charge in [-0.25, -0.2) is 4.98 Å². The summed E-state index contributed by atoms with van der Waals surface area (Å²) in [7, 11) is 3.09. The van der Waals surface area contributed by atoms with Gasteiger partial charge in [0.25, 0.3) is 0 Å². The van der Waals surface area contributed by atoms with Crippen LogP contribution in [0.15, 0.2) is 82.8 Å². The molecule has 6 nitrogen and oxygen atoms in total. The number of Topliss-reactive ketones (excluding diaryl/α,β-unsaturated/α-hetero) is 1. The Morgan fingerprint density at radius 2 is 1.74 bits per heavy atom. The van der Waals surface area contributed by atoms with Crippen molar-refractivity contribution in [3.8, 4) is 17.2 Å². The van der Waals surface area contributed by atoms with Crippen molar-refractivity contribution >= 4 is 28.5 Å². The van der Waals surface area contributed by atoms with E-state index in [1.807, 2.05) is 61.5 Å². The second-order valence-corrected chi connectivity index (χ2v) is 7.89. The topological polar surface area (TPSA) is 70.8 Å². The molecule has 1 atom stereocenters. The highest BCUT2D eigenvalue weighted by molar-refractivity contribution is 6.28. The Morgan fingerprint density at radius 3 is 2.53 bits per heavy atom. The van der Waals surface area contributed by atoms with Gasteiger partial charge in [-0.15, -0.1) is 0 Å². The molecule has 0 N–H and O–H groups in total. The number of methoxy groups -OCH3 is 2. The van der Waals surface area contributed by atoms with Gasteiger partial charge < -0.3 is 18.6 Å². The number of hydrogen-bond acceptors (Lipinski definition) is 6. The van der Waals surface area contributed by atoms with E-state index in [4.69, 9.17) is 18.6 Å². The second kappa shape index (κ2) is 8.90. The van der Waals surface area contributed by atoms with Gasteiger partial charge in [-0.1, -0.05) is 30.3 Å². The summed E-state index contributed by atoms with van der Waals surface area (Å²) in [6.45, 7) is 1.95. The number of oxazole rings is 1. The van der Waals surface area contributed by atoms with Gasteiger partial charge in [-0.05, 0) is 61.0 Å². The summed E-state index contributed by atoms with van der Waals surface area (Å²) in [5.74, 6) is 1.81. The van der Waals surface area contributed by atoms with Crippen molar-refractivity contribution in [1.29, 1.82) is 0 Å². The standard InChI is InChI=1S/C28H23NO5/c1-17-20(14-18-8-4-6-10-23(18)33-17)15-21(28-29-22-9-5-7-11-24(22)34-28)27(30)19-12-13-25(31-2)26(16-19)32-3/h4-17H,1-3H3/b21-15-. The lowest BCUT2D eigenvalue weighted by Crippen LogP contribution is -2.18. The first-order chi connectivity index (χ1) is 16.6. The highest BCUT2D eigenvalue weighted by atomic mass is 16.5. The van der Waals surface area contributed by atoms with E-state index in [0.717, 1.165) is 16.9 Å². The smallest absolute Gasteiger partial charge is 0.231 e. The number of aromatic nitrogens is 1. The van der Waals surface area contributed by atoms with Crippen molar-refractivity contribution in [2.75, 3.05) is 14.2 Å². The van der Waals surface area contributed by atoms with Crippen molar-refractivity contribution in [2.45, 2.75) is 13.0 Å². The fourth-order valence-electron chi connectivity index (χ4n) is 3.93. The molecular weight excluding hydrogens is 430 g/mol. The minimum atomic E-state index is -0.257. The van der Waals surface area contributed by atoms with Crippen LogP contribution < -0.4 is 14.2 Å². The molecule has 3 aromatic carbocycles. The van der Waals surface area contributed by atoms with Gasteiger partial charge in [-0.3, -0.25) is 4.79 Å². The van der Waals surface area contributed by atoms with Gasteiger partial charge in [0, 0.05) is 11.1 Å². The summed E-state index contributed by atoms with van der Waals surface area (Å²) < 4.78 is 22.8. The van der Waals surface area contributed by atoms with E-state index in [-0.39, 0.29) is 17.8 Å². The first-order valence-electron chi connectivity index (χ1n) is 10.9. The van der Waals surface area contributed by atoms with Crippen LogP contribution in [0.2, 0.25) is 0 Å². The van der Waals surface area contributed by atoms with E-state index >= 15 is 0 Å². The average Bonchev–Trinajstić information content (AvgIpc) is 3.30. The highest BCUT2D eigenvalue weighted by Crippen LogP contribution is 2.34. The van der Waals surface area contributed by atoms with Crippen molar-refractivity contribution in [2.24, 2.45) is 0 Å². The largest absolute Gasteiger partial charge is 0.493 e. The minimum Gasteiger partial charge on any atom is -0.493 e. The normalized spacial score (nSPS) is 15.3. The molecule has 1 aliphatic rings. The number of para-hydroxylation sites is 3. The number of rotatable bonds is 6. The van der Waals surface area contributed by atoms with Crippen molar-refractivity contribution < 1.29 is 23.4 Å². The lowest BCUT2D eigenvalue weighted by atomic mass is 9.96. The molecule has 0 spiro atoms. The Labute approximate surface area is 197 Å². The van der Waals surface area contributed by atoms with Gasteiger partial charge in [0.1, 0.15) is 17.4 Å². The zero-order valence-electron chi connectivity index (χ0n) is 19.1. The van der Waals surface area contributed by atoms with Crippen molar-refractivity contribution in [3.63, 3.8) is 0 Å². The summed E-state index contributed by atoms with van der Waals surface area (Å²) in [4.78, 5) is 18.4. The number of allylic oxidation sites excluding steroid dienone is 1. The summed E-state index contributed by atoms with van der Waals surface area (Å²) >= 11 is 0. The molecule has 1 unspecified atom stereocenters. The summed E-state index contributed by atoms with van der Waals surface area (Å²) in [6, 6.07) is 20.3. The number of benzene rings is 3. The van der Waals surface area contributed by atoms with Crippen LogP contribution in [0.5, 0.6) is 17.2 Å². The predicted molar refractivity (Wildman–Crippen MR) is 130 cm³/mol. The lowest BCUT2D eigenvalue weighted by molar-refractivity contribution is 0.105. The maximum atomic E-state index is 13.8. The Kier molecular flexibility index (Phi) is 5.64. The van der Waals surface area contributed by atoms with Gasteiger partial charge in [0.2, 0.25) is 5.89 Å². The molecule has 2 heterocycles. The first kappa shape index (κ1) is 21.5. The van der Waals surface area contributed by atoms with Gasteiger partial charge >= 0.3 is 0 Å². The number of hydrogen-bond donors (Lipinski definition) is 0. The van der Waals surface area contributed by atoms with Crippen molar-refractivity contribution in [1.82, 2.24) is 4.98 Å². The highest BCUT2D eigenvalue weighted by Gasteiger charge is 2.25. The SMILES string of the molecule is COc1ccc(C(=O)/C(=C/C2=Cc3ccccc3OC2C)c2nc3ccccc3o2)cc1OC. The molecule has 0 radical (unpaired) electrons. The maximum absolute atomic E-state index is 13.8. The van der Waals surface area contributed by atoms with E-state index in [0.29, 0.717) is 33.7 Å². The quantitative estimate of drug-likeness (QED) is 0.264. The number of ketones is 1. The van der Waals surface area contributed by atoms with Crippen LogP contribution in [0.1, 0.15) is 28.7 Å². The van der Waals surface area contributed by atoms with Crippen LogP contribution in [0.4, 0.5) is 0 Å². The molecule has 0 saturated carbocycles. The fraction of sp³-hybridized carbons (Fsp3) is 0.143. The Hall–Kier alpha value is -4.32. The number of carbonyl (C=O) groups excluding carboxylic acids is 1. The first-order valence-corrected chi connectivity index (χ1v) is 10.9. The number of fused-ring (bicyclic) bond motifs is 2. The maximum Gasteiger partial charge on any atom is 0.231 e. The number of nitrogens with zero attached hydrogens (tertiary/aromatic N) is 1. The molecule has 0 saturated heterocycles. The molecule has 170 valence electrons. The fourth-order valence-corrected chi connectivity index (χ4v) is 3.93. The van der Waals surface area contributed by atoms with Crippen LogP contribution in [0, 0.1) is 0 Å². The Balaban J connectivity index is 1.65. The Morgan fingerprint density at radius 1 is 0.971 bits per heavy atom. The second-order valence-electron chi connectivity index (χ2n) is 7.89. The molecule has 0 aliphatic carbocycles. The third-order valence-corrected chi connectivity index (χ3v) is 5.74. The summed E-state index contributed by atoms with van der Waals surface area (Å²) in [6.07, 6.45) is 3.56. The third-order valence-electron chi connectivity index (χ3n) is 5.74. The number of ether oxygens (including phenoxy) is 3. The molecule has 4 aromatic rings. The van der Waals surface area contributed by atoms with Crippen LogP contribution in [-0.4, -0.2) is 31.1 Å². The molecule has 5 rings (SSSR count). The van der Waals surface area contributed by atoms with E-state index in [9.17, 15) is 4.79 Å². The average molecular weight is 453 g/mol. The van der Waals surface area contributed by atoms with E-state index in [2.05, 4.69) is 4.98 Å². The van der Waals surface area contributed by atoms with Crippen LogP contribution >= 0.6 is 0 Å². The van der Waals surface area contributed by atoms with E-state index < -0.39 is 0 Å². The van der Waals surface area contributed by atoms with Crippen LogP contribution in [0.25, 0.3) is 22.7 Å². The third kappa shape index (κ3) is 3.94. The van der Waals surface area contributed by atoms with Crippen LogP contribution in [0.3, 0.4) is 0 Å². The zero-order valence-corrected chi connectivity index (χ0v) is 19.1. The van der Waals surface area contributed by atoms with Crippen LogP contribution in [-0.2, 0) is 0 Å². The molecule has 0 fully saturated rings.